The summed E-state index contributed by atoms with van der Waals surface area (Å²) < 4.78 is 0. The summed E-state index contributed by atoms with van der Waals surface area (Å²) in [6, 6.07) is 22.4. The molecule has 1 N–H and O–H groups in total. The second-order valence-electron chi connectivity index (χ2n) is 7.29. The molecule has 3 aromatic rings. The van der Waals surface area contributed by atoms with Crippen molar-refractivity contribution in [3.05, 3.63) is 66.7 Å². The molecular formula is C22H23N3OS. The van der Waals surface area contributed by atoms with Gasteiger partial charge in [0.25, 0.3) is 0 Å². The van der Waals surface area contributed by atoms with Gasteiger partial charge >= 0.3 is 0 Å². The van der Waals surface area contributed by atoms with Gasteiger partial charge in [0.05, 0.1) is 11.4 Å². The SMILES string of the molecule is CC(C)(C)NC(=O)CSc1ccc(-c2ccc(-c3ccccc3)cc2)nn1. The van der Waals surface area contributed by atoms with Gasteiger partial charge in [-0.25, -0.2) is 0 Å². The van der Waals surface area contributed by atoms with Gasteiger partial charge in [-0.05, 0) is 44.0 Å². The number of carbonyl (C=O) groups excluding carboxylic acids is 1. The lowest BCUT2D eigenvalue weighted by Gasteiger charge is -2.20. The van der Waals surface area contributed by atoms with Crippen molar-refractivity contribution in [1.29, 1.82) is 0 Å². The molecule has 0 unspecified atom stereocenters. The fourth-order valence-electron chi connectivity index (χ4n) is 2.61. The second kappa shape index (κ2) is 8.35. The number of amides is 1. The van der Waals surface area contributed by atoms with E-state index in [0.29, 0.717) is 5.75 Å². The van der Waals surface area contributed by atoms with E-state index in [9.17, 15) is 4.79 Å². The van der Waals surface area contributed by atoms with E-state index < -0.39 is 0 Å². The van der Waals surface area contributed by atoms with Crippen molar-refractivity contribution in [2.75, 3.05) is 5.75 Å². The van der Waals surface area contributed by atoms with Crippen LogP contribution in [0, 0.1) is 0 Å². The highest BCUT2D eigenvalue weighted by Crippen LogP contribution is 2.24. The predicted octanol–water partition coefficient (Wildman–Crippen LogP) is 4.82. The summed E-state index contributed by atoms with van der Waals surface area (Å²) in [7, 11) is 0. The number of carbonyl (C=O) groups is 1. The van der Waals surface area contributed by atoms with Crippen molar-refractivity contribution in [3.8, 4) is 22.4 Å². The fraction of sp³-hybridized carbons (Fsp3) is 0.227. The third kappa shape index (κ3) is 5.66. The molecule has 0 saturated heterocycles. The Bertz CT molecular complexity index is 886. The summed E-state index contributed by atoms with van der Waals surface area (Å²) >= 11 is 1.39. The lowest BCUT2D eigenvalue weighted by atomic mass is 10.0. The molecule has 0 fully saturated rings. The van der Waals surface area contributed by atoms with E-state index in [0.717, 1.165) is 16.3 Å². The zero-order chi connectivity index (χ0) is 19.3. The van der Waals surface area contributed by atoms with E-state index in [1.165, 1.54) is 22.9 Å². The number of nitrogens with zero attached hydrogens (tertiary/aromatic N) is 2. The quantitative estimate of drug-likeness (QED) is 0.648. The third-order valence-electron chi connectivity index (χ3n) is 3.79. The number of rotatable bonds is 5. The molecule has 1 heterocycles. The summed E-state index contributed by atoms with van der Waals surface area (Å²) in [4.78, 5) is 11.9. The molecule has 27 heavy (non-hydrogen) atoms. The maximum Gasteiger partial charge on any atom is 0.230 e. The number of hydrogen-bond acceptors (Lipinski definition) is 4. The summed E-state index contributed by atoms with van der Waals surface area (Å²) in [6.45, 7) is 5.90. The van der Waals surface area contributed by atoms with Gasteiger partial charge in [0, 0.05) is 11.1 Å². The zero-order valence-corrected chi connectivity index (χ0v) is 16.6. The highest BCUT2D eigenvalue weighted by Gasteiger charge is 2.14. The van der Waals surface area contributed by atoms with Crippen LogP contribution in [0.4, 0.5) is 0 Å². The van der Waals surface area contributed by atoms with Gasteiger partial charge in [-0.3, -0.25) is 4.79 Å². The Balaban J connectivity index is 1.63. The smallest absolute Gasteiger partial charge is 0.230 e. The maximum atomic E-state index is 11.9. The lowest BCUT2D eigenvalue weighted by Crippen LogP contribution is -2.41. The number of aromatic nitrogens is 2. The van der Waals surface area contributed by atoms with Crippen molar-refractivity contribution in [3.63, 3.8) is 0 Å². The molecule has 1 aromatic heterocycles. The van der Waals surface area contributed by atoms with Gasteiger partial charge in [0.15, 0.2) is 0 Å². The van der Waals surface area contributed by atoms with Crippen molar-refractivity contribution in [2.24, 2.45) is 0 Å². The highest BCUT2D eigenvalue weighted by atomic mass is 32.2. The molecule has 3 rings (SSSR count). The average molecular weight is 378 g/mol. The maximum absolute atomic E-state index is 11.9. The molecule has 0 aliphatic rings. The minimum absolute atomic E-state index is 0.00474. The number of thioether (sulfide) groups is 1. The van der Waals surface area contributed by atoms with Crippen LogP contribution < -0.4 is 5.32 Å². The summed E-state index contributed by atoms with van der Waals surface area (Å²) in [5, 5.41) is 12.2. The van der Waals surface area contributed by atoms with Gasteiger partial charge in [-0.1, -0.05) is 66.4 Å². The Morgan fingerprint density at radius 2 is 1.48 bits per heavy atom. The van der Waals surface area contributed by atoms with Crippen LogP contribution in [0.15, 0.2) is 71.8 Å². The summed E-state index contributed by atoms with van der Waals surface area (Å²) in [5.41, 5.74) is 3.97. The summed E-state index contributed by atoms with van der Waals surface area (Å²) in [6.07, 6.45) is 0. The second-order valence-corrected chi connectivity index (χ2v) is 8.28. The Morgan fingerprint density at radius 3 is 2.07 bits per heavy atom. The first kappa shape index (κ1) is 19.1. The van der Waals surface area contributed by atoms with Gasteiger partial charge in [0.1, 0.15) is 5.03 Å². The molecule has 0 radical (unpaired) electrons. The Morgan fingerprint density at radius 1 is 0.852 bits per heavy atom. The molecule has 0 atom stereocenters. The molecule has 0 saturated carbocycles. The van der Waals surface area contributed by atoms with Crippen molar-refractivity contribution < 1.29 is 4.79 Å². The van der Waals surface area contributed by atoms with Crippen molar-refractivity contribution in [2.45, 2.75) is 31.3 Å². The Hall–Kier alpha value is -2.66. The largest absolute Gasteiger partial charge is 0.351 e. The predicted molar refractivity (Wildman–Crippen MR) is 112 cm³/mol. The molecular weight excluding hydrogens is 354 g/mol. The molecule has 0 bridgehead atoms. The lowest BCUT2D eigenvalue weighted by molar-refractivity contribution is -0.119. The zero-order valence-electron chi connectivity index (χ0n) is 15.8. The molecule has 4 nitrogen and oxygen atoms in total. The minimum atomic E-state index is -0.223. The van der Waals surface area contributed by atoms with E-state index in [1.807, 2.05) is 51.1 Å². The van der Waals surface area contributed by atoms with Crippen LogP contribution in [0.1, 0.15) is 20.8 Å². The molecule has 0 aliphatic carbocycles. The van der Waals surface area contributed by atoms with Crippen LogP contribution in [0.2, 0.25) is 0 Å². The topological polar surface area (TPSA) is 54.9 Å². The van der Waals surface area contributed by atoms with Gasteiger partial charge in [-0.2, -0.15) is 0 Å². The minimum Gasteiger partial charge on any atom is -0.351 e. The number of benzene rings is 2. The normalized spacial score (nSPS) is 11.2. The van der Waals surface area contributed by atoms with Gasteiger partial charge in [-0.15, -0.1) is 10.2 Å². The fourth-order valence-corrected chi connectivity index (χ4v) is 3.22. The monoisotopic (exact) mass is 377 g/mol. The first-order valence-corrected chi connectivity index (χ1v) is 9.83. The van der Waals surface area contributed by atoms with Crippen LogP contribution in [0.3, 0.4) is 0 Å². The molecule has 138 valence electrons. The average Bonchev–Trinajstić information content (AvgIpc) is 2.66. The van der Waals surface area contributed by atoms with E-state index in [2.05, 4.69) is 51.9 Å². The number of nitrogens with one attached hydrogen (secondary N) is 1. The van der Waals surface area contributed by atoms with Crippen LogP contribution in [0.5, 0.6) is 0 Å². The third-order valence-corrected chi connectivity index (χ3v) is 4.71. The van der Waals surface area contributed by atoms with Crippen LogP contribution >= 0.6 is 11.8 Å². The Kier molecular flexibility index (Phi) is 5.91. The van der Waals surface area contributed by atoms with Crippen molar-refractivity contribution in [1.82, 2.24) is 15.5 Å². The first-order chi connectivity index (χ1) is 12.9. The van der Waals surface area contributed by atoms with Crippen LogP contribution in [-0.2, 0) is 4.79 Å². The Labute approximate surface area is 164 Å². The standard InChI is InChI=1S/C22H23N3OS/c1-22(2,3)23-20(26)15-27-21-14-13-19(24-25-21)18-11-9-17(10-12-18)16-7-5-4-6-8-16/h4-14H,15H2,1-3H3,(H,23,26). The molecule has 1 amide bonds. The summed E-state index contributed by atoms with van der Waals surface area (Å²) in [5.74, 6) is 0.326. The first-order valence-electron chi connectivity index (χ1n) is 8.84. The molecule has 2 aromatic carbocycles. The van der Waals surface area contributed by atoms with Crippen molar-refractivity contribution >= 4 is 17.7 Å². The number of hydrogen-bond donors (Lipinski definition) is 1. The van der Waals surface area contributed by atoms with E-state index >= 15 is 0 Å². The highest BCUT2D eigenvalue weighted by molar-refractivity contribution is 7.99. The molecule has 0 aliphatic heterocycles. The van der Waals surface area contributed by atoms with Crippen LogP contribution in [-0.4, -0.2) is 27.4 Å². The molecule has 5 heteroatoms. The van der Waals surface area contributed by atoms with E-state index in [-0.39, 0.29) is 11.4 Å². The van der Waals surface area contributed by atoms with E-state index in [1.54, 1.807) is 0 Å². The van der Waals surface area contributed by atoms with Gasteiger partial charge in [0.2, 0.25) is 5.91 Å². The molecule has 0 spiro atoms. The van der Waals surface area contributed by atoms with Crippen LogP contribution in [0.25, 0.3) is 22.4 Å². The van der Waals surface area contributed by atoms with E-state index in [4.69, 9.17) is 0 Å². The van der Waals surface area contributed by atoms with Gasteiger partial charge < -0.3 is 5.32 Å².